The molecule has 1 N–H and O–H groups in total. The van der Waals surface area contributed by atoms with Gasteiger partial charge in [-0.3, -0.25) is 4.68 Å². The molecule has 1 saturated heterocycles. The second kappa shape index (κ2) is 4.82. The number of aryl methyl sites for hydroxylation is 1. The lowest BCUT2D eigenvalue weighted by Gasteiger charge is -2.26. The predicted molar refractivity (Wildman–Crippen MR) is 73.8 cm³/mol. The van der Waals surface area contributed by atoms with Gasteiger partial charge in [-0.1, -0.05) is 0 Å². The molecular formula is C13H21N3O3S. The zero-order valence-corrected chi connectivity index (χ0v) is 12.7. The van der Waals surface area contributed by atoms with Gasteiger partial charge in [0, 0.05) is 12.6 Å². The van der Waals surface area contributed by atoms with Crippen LogP contribution in [-0.2, 0) is 16.6 Å². The summed E-state index contributed by atoms with van der Waals surface area (Å²) in [7, 11) is -3.46. The standard InChI is InChI=1S/C13H21N3O3S/c1-9-13(10(2)15(14-9)5-6-17)20(18,19)16-8-11-3-4-12(16)7-11/h11-12,17H,3-8H2,1-2H3. The van der Waals surface area contributed by atoms with Gasteiger partial charge >= 0.3 is 0 Å². The largest absolute Gasteiger partial charge is 0.394 e. The smallest absolute Gasteiger partial charge is 0.247 e. The molecule has 2 aliphatic rings. The number of fused-ring (bicyclic) bond motifs is 2. The molecule has 0 amide bonds. The average Bonchev–Trinajstić information content (AvgIpc) is 3.05. The highest BCUT2D eigenvalue weighted by Crippen LogP contribution is 2.41. The Kier molecular flexibility index (Phi) is 3.38. The van der Waals surface area contributed by atoms with Crippen LogP contribution in [0.25, 0.3) is 0 Å². The van der Waals surface area contributed by atoms with E-state index in [9.17, 15) is 8.42 Å². The summed E-state index contributed by atoms with van der Waals surface area (Å²) in [5, 5.41) is 13.3. The predicted octanol–water partition coefficient (Wildman–Crippen LogP) is 0.665. The number of aliphatic hydroxyl groups is 1. The Bertz CT molecular complexity index is 623. The lowest BCUT2D eigenvalue weighted by Crippen LogP contribution is -2.38. The fraction of sp³-hybridized carbons (Fsp3) is 0.769. The van der Waals surface area contributed by atoms with Crippen molar-refractivity contribution in [1.82, 2.24) is 14.1 Å². The summed E-state index contributed by atoms with van der Waals surface area (Å²) < 4.78 is 29.0. The Morgan fingerprint density at radius 2 is 2.10 bits per heavy atom. The molecule has 2 heterocycles. The third-order valence-electron chi connectivity index (χ3n) is 4.55. The number of piperidine rings is 1. The van der Waals surface area contributed by atoms with Crippen molar-refractivity contribution >= 4 is 10.0 Å². The van der Waals surface area contributed by atoms with Crippen molar-refractivity contribution in [2.24, 2.45) is 5.92 Å². The van der Waals surface area contributed by atoms with Gasteiger partial charge in [0.1, 0.15) is 4.90 Å². The summed E-state index contributed by atoms with van der Waals surface area (Å²) in [6.45, 7) is 4.42. The number of aromatic nitrogens is 2. The van der Waals surface area contributed by atoms with Crippen LogP contribution in [0, 0.1) is 19.8 Å². The lowest BCUT2D eigenvalue weighted by molar-refractivity contribution is 0.267. The molecule has 1 saturated carbocycles. The van der Waals surface area contributed by atoms with Crippen LogP contribution in [0.4, 0.5) is 0 Å². The van der Waals surface area contributed by atoms with Crippen LogP contribution in [-0.4, -0.2) is 46.8 Å². The zero-order chi connectivity index (χ0) is 14.5. The molecule has 6 nitrogen and oxygen atoms in total. The minimum atomic E-state index is -3.46. The zero-order valence-electron chi connectivity index (χ0n) is 11.9. The number of hydrogen-bond acceptors (Lipinski definition) is 4. The van der Waals surface area contributed by atoms with E-state index in [2.05, 4.69) is 5.10 Å². The number of sulfonamides is 1. The minimum Gasteiger partial charge on any atom is -0.394 e. The summed E-state index contributed by atoms with van der Waals surface area (Å²) in [5.41, 5.74) is 1.15. The molecule has 0 spiro atoms. The van der Waals surface area contributed by atoms with Crippen molar-refractivity contribution < 1.29 is 13.5 Å². The van der Waals surface area contributed by atoms with Gasteiger partial charge in [0.25, 0.3) is 0 Å². The maximum Gasteiger partial charge on any atom is 0.247 e. The highest BCUT2D eigenvalue weighted by Gasteiger charge is 2.45. The highest BCUT2D eigenvalue weighted by molar-refractivity contribution is 7.89. The monoisotopic (exact) mass is 299 g/mol. The van der Waals surface area contributed by atoms with Gasteiger partial charge in [-0.2, -0.15) is 9.40 Å². The van der Waals surface area contributed by atoms with Gasteiger partial charge < -0.3 is 5.11 Å². The molecule has 2 bridgehead atoms. The van der Waals surface area contributed by atoms with Crippen LogP contribution < -0.4 is 0 Å². The molecule has 1 aromatic heterocycles. The second-order valence-electron chi connectivity index (χ2n) is 5.85. The Morgan fingerprint density at radius 3 is 2.65 bits per heavy atom. The first-order valence-electron chi connectivity index (χ1n) is 7.12. The first-order chi connectivity index (χ1) is 9.45. The Hall–Kier alpha value is -0.920. The summed E-state index contributed by atoms with van der Waals surface area (Å²) in [5.74, 6) is 0.530. The highest BCUT2D eigenvalue weighted by atomic mass is 32.2. The van der Waals surface area contributed by atoms with Crippen LogP contribution in [0.5, 0.6) is 0 Å². The van der Waals surface area contributed by atoms with Crippen molar-refractivity contribution in [1.29, 1.82) is 0 Å². The summed E-state index contributed by atoms with van der Waals surface area (Å²) in [6, 6.07) is 0.171. The molecule has 0 radical (unpaired) electrons. The number of aliphatic hydroxyl groups excluding tert-OH is 1. The van der Waals surface area contributed by atoms with Crippen LogP contribution in [0.2, 0.25) is 0 Å². The molecular weight excluding hydrogens is 278 g/mol. The average molecular weight is 299 g/mol. The van der Waals surface area contributed by atoms with E-state index in [-0.39, 0.29) is 12.6 Å². The second-order valence-corrected chi connectivity index (χ2v) is 7.68. The van der Waals surface area contributed by atoms with E-state index in [4.69, 9.17) is 5.11 Å². The maximum atomic E-state index is 12.9. The number of nitrogens with zero attached hydrogens (tertiary/aromatic N) is 3. The van der Waals surface area contributed by atoms with Gasteiger partial charge in [-0.15, -0.1) is 0 Å². The normalized spacial score (nSPS) is 26.6. The van der Waals surface area contributed by atoms with E-state index >= 15 is 0 Å². The molecule has 3 rings (SSSR count). The van der Waals surface area contributed by atoms with Crippen LogP contribution >= 0.6 is 0 Å². The molecule has 20 heavy (non-hydrogen) atoms. The van der Waals surface area contributed by atoms with Crippen LogP contribution in [0.1, 0.15) is 30.7 Å². The fourth-order valence-electron chi connectivity index (χ4n) is 3.66. The van der Waals surface area contributed by atoms with Gasteiger partial charge in [0.15, 0.2) is 0 Å². The summed E-state index contributed by atoms with van der Waals surface area (Å²) in [6.07, 6.45) is 3.13. The van der Waals surface area contributed by atoms with Crippen molar-refractivity contribution in [3.63, 3.8) is 0 Å². The first-order valence-corrected chi connectivity index (χ1v) is 8.56. The van der Waals surface area contributed by atoms with Crippen molar-refractivity contribution in [2.75, 3.05) is 13.2 Å². The first kappa shape index (κ1) is 14.0. The molecule has 0 aromatic carbocycles. The van der Waals surface area contributed by atoms with Gasteiger partial charge in [0.2, 0.25) is 10.0 Å². The number of hydrogen-bond donors (Lipinski definition) is 1. The SMILES string of the molecule is Cc1nn(CCO)c(C)c1S(=O)(=O)N1CC2CCC1C2. The molecule has 1 aromatic rings. The maximum absolute atomic E-state index is 12.9. The summed E-state index contributed by atoms with van der Waals surface area (Å²) in [4.78, 5) is 0.332. The molecule has 1 aliphatic heterocycles. The third kappa shape index (κ3) is 1.99. The molecule has 112 valence electrons. The van der Waals surface area contributed by atoms with E-state index < -0.39 is 10.0 Å². The Labute approximate surface area is 119 Å². The topological polar surface area (TPSA) is 75.4 Å². The van der Waals surface area contributed by atoms with Crippen molar-refractivity contribution in [3.8, 4) is 0 Å². The van der Waals surface area contributed by atoms with E-state index in [1.165, 1.54) is 0 Å². The molecule has 1 aliphatic carbocycles. The van der Waals surface area contributed by atoms with Gasteiger partial charge in [0.05, 0.1) is 24.5 Å². The van der Waals surface area contributed by atoms with Crippen LogP contribution in [0.3, 0.4) is 0 Å². The van der Waals surface area contributed by atoms with E-state index in [0.717, 1.165) is 19.3 Å². The van der Waals surface area contributed by atoms with E-state index in [1.807, 2.05) is 0 Å². The van der Waals surface area contributed by atoms with E-state index in [1.54, 1.807) is 22.8 Å². The molecule has 2 fully saturated rings. The molecule has 2 atom stereocenters. The number of rotatable bonds is 4. The minimum absolute atomic E-state index is 0.0458. The van der Waals surface area contributed by atoms with Crippen LogP contribution in [0.15, 0.2) is 4.90 Å². The molecule has 2 unspecified atom stereocenters. The fourth-order valence-corrected chi connectivity index (χ4v) is 5.78. The van der Waals surface area contributed by atoms with E-state index in [0.29, 0.717) is 35.3 Å². The van der Waals surface area contributed by atoms with Gasteiger partial charge in [-0.05, 0) is 39.0 Å². The molecule has 7 heteroatoms. The third-order valence-corrected chi connectivity index (χ3v) is 6.72. The summed E-state index contributed by atoms with van der Waals surface area (Å²) >= 11 is 0. The lowest BCUT2D eigenvalue weighted by atomic mass is 10.1. The Balaban J connectivity index is 1.99. The van der Waals surface area contributed by atoms with Gasteiger partial charge in [-0.25, -0.2) is 8.42 Å². The quantitative estimate of drug-likeness (QED) is 0.886. The Morgan fingerprint density at radius 1 is 1.35 bits per heavy atom. The van der Waals surface area contributed by atoms with Crippen molar-refractivity contribution in [3.05, 3.63) is 11.4 Å². The van der Waals surface area contributed by atoms with Crippen molar-refractivity contribution in [2.45, 2.75) is 50.6 Å².